The molecule has 0 fully saturated rings. The summed E-state index contributed by atoms with van der Waals surface area (Å²) in [4.78, 5) is 23.1. The first-order valence-electron chi connectivity index (χ1n) is 9.77. The zero-order valence-electron chi connectivity index (χ0n) is 18.3. The Hall–Kier alpha value is -3.67. The highest BCUT2D eigenvalue weighted by Crippen LogP contribution is 2.17. The minimum atomic E-state index is -1.26. The molecule has 0 saturated carbocycles. The van der Waals surface area contributed by atoms with Crippen molar-refractivity contribution >= 4 is 11.9 Å². The van der Waals surface area contributed by atoms with E-state index in [0.717, 1.165) is 11.1 Å². The number of aromatic nitrogens is 1. The molecular weight excluding hydrogens is 412 g/mol. The van der Waals surface area contributed by atoms with Crippen LogP contribution in [0.15, 0.2) is 60.9 Å². The Morgan fingerprint density at radius 1 is 1.06 bits per heavy atom. The first-order chi connectivity index (χ1) is 15.1. The molecule has 32 heavy (non-hydrogen) atoms. The highest BCUT2D eigenvalue weighted by atomic mass is 16.5. The number of aliphatic hydroxyl groups excluding tert-OH is 1. The number of rotatable bonds is 7. The van der Waals surface area contributed by atoms with Crippen LogP contribution >= 0.6 is 0 Å². The van der Waals surface area contributed by atoms with E-state index >= 15 is 0 Å². The molecule has 170 valence electrons. The molecule has 0 saturated heterocycles. The third-order valence-electron chi connectivity index (χ3n) is 3.58. The number of β-amino-alcohol motifs (C(OH)–C–C–N with tert-alkyl or cyclic N) is 1. The van der Waals surface area contributed by atoms with Crippen molar-refractivity contribution in [1.82, 2.24) is 10.3 Å². The number of hydrogen-bond donors (Lipinski definition) is 4. The largest absolute Gasteiger partial charge is 0.490 e. The average molecular weight is 440 g/mol. The Balaban J connectivity index is 0.000000547. The van der Waals surface area contributed by atoms with Crippen LogP contribution < -0.4 is 10.1 Å². The number of aliphatic hydroxyl groups is 1. The molecule has 1 unspecified atom stereocenters. The summed E-state index contributed by atoms with van der Waals surface area (Å²) in [5, 5.41) is 28.9. The molecule has 1 atom stereocenters. The van der Waals surface area contributed by atoms with Gasteiger partial charge in [0.15, 0.2) is 0 Å². The van der Waals surface area contributed by atoms with Gasteiger partial charge >= 0.3 is 11.9 Å². The van der Waals surface area contributed by atoms with Crippen molar-refractivity contribution in [2.24, 2.45) is 0 Å². The Morgan fingerprint density at radius 2 is 1.66 bits per heavy atom. The number of ether oxygens (including phenoxy) is 1. The topological polar surface area (TPSA) is 129 Å². The molecule has 8 heteroatoms. The van der Waals surface area contributed by atoms with Gasteiger partial charge < -0.3 is 25.4 Å². The van der Waals surface area contributed by atoms with Crippen LogP contribution in [0.3, 0.4) is 0 Å². The zero-order valence-corrected chi connectivity index (χ0v) is 18.3. The Bertz CT molecular complexity index is 940. The molecule has 0 bridgehead atoms. The van der Waals surface area contributed by atoms with Gasteiger partial charge in [0.1, 0.15) is 18.5 Å². The second kappa shape index (κ2) is 13.6. The number of benzene rings is 1. The molecule has 1 heterocycles. The number of hydrogen-bond acceptors (Lipinski definition) is 6. The van der Waals surface area contributed by atoms with Crippen LogP contribution in [0.1, 0.15) is 31.9 Å². The molecule has 0 spiro atoms. The molecule has 0 amide bonds. The quantitative estimate of drug-likeness (QED) is 0.381. The lowest BCUT2D eigenvalue weighted by Crippen LogP contribution is -2.42. The lowest BCUT2D eigenvalue weighted by molar-refractivity contribution is -0.134. The fourth-order valence-corrected chi connectivity index (χ4v) is 2.08. The van der Waals surface area contributed by atoms with Gasteiger partial charge in [0.2, 0.25) is 0 Å². The summed E-state index contributed by atoms with van der Waals surface area (Å²) in [5.74, 6) is 4.36. The van der Waals surface area contributed by atoms with E-state index in [-0.39, 0.29) is 12.1 Å². The van der Waals surface area contributed by atoms with E-state index < -0.39 is 18.0 Å². The number of aliphatic carboxylic acids is 2. The molecule has 1 aromatic carbocycles. The Kier molecular flexibility index (Phi) is 11.2. The predicted octanol–water partition coefficient (Wildman–Crippen LogP) is 2.32. The van der Waals surface area contributed by atoms with Crippen molar-refractivity contribution in [2.75, 3.05) is 13.2 Å². The number of carboxylic acid groups (broad SMARTS) is 2. The van der Waals surface area contributed by atoms with Crippen molar-refractivity contribution in [1.29, 1.82) is 0 Å². The second-order valence-electron chi connectivity index (χ2n) is 7.59. The van der Waals surface area contributed by atoms with Crippen LogP contribution in [0.5, 0.6) is 5.75 Å². The van der Waals surface area contributed by atoms with E-state index in [0.29, 0.717) is 24.4 Å². The van der Waals surface area contributed by atoms with Crippen molar-refractivity contribution in [3.63, 3.8) is 0 Å². The number of carboxylic acids is 2. The van der Waals surface area contributed by atoms with Crippen LogP contribution in [-0.2, 0) is 9.59 Å². The summed E-state index contributed by atoms with van der Waals surface area (Å²) >= 11 is 0. The molecule has 0 aliphatic carbocycles. The maximum atomic E-state index is 10.0. The summed E-state index contributed by atoms with van der Waals surface area (Å²) in [6.45, 7) is 6.88. The summed E-state index contributed by atoms with van der Waals surface area (Å²) < 4.78 is 5.75. The number of carbonyl (C=O) groups is 2. The molecule has 0 aliphatic rings. The second-order valence-corrected chi connectivity index (χ2v) is 7.59. The predicted molar refractivity (Wildman–Crippen MR) is 120 cm³/mol. The van der Waals surface area contributed by atoms with E-state index in [1.165, 1.54) is 0 Å². The first kappa shape index (κ1) is 26.4. The van der Waals surface area contributed by atoms with Crippen LogP contribution in [-0.4, -0.2) is 57.0 Å². The standard InChI is InChI=1S/C20H24N2O2.C4H4O4/c1-20(2,3)22-14-18(23)15-24-19-7-5-4-6-17(19)9-8-16-10-12-21-13-11-16;5-3(6)1-2-4(7)8/h4-7,10-13,18,22-23H,14-15H2,1-3H3;1-2H,(H,5,6)(H,7,8)/b;2-1+. The lowest BCUT2D eigenvalue weighted by Gasteiger charge is -2.23. The number of pyridine rings is 1. The SMILES string of the molecule is CC(C)(C)NCC(O)COc1ccccc1C#Cc1ccncc1.O=C(O)/C=C/C(=O)O. The third-order valence-corrected chi connectivity index (χ3v) is 3.58. The van der Waals surface area contributed by atoms with Crippen LogP contribution in [0.2, 0.25) is 0 Å². The molecule has 0 radical (unpaired) electrons. The van der Waals surface area contributed by atoms with Gasteiger partial charge in [0.25, 0.3) is 0 Å². The van der Waals surface area contributed by atoms with Crippen molar-refractivity contribution < 1.29 is 29.6 Å². The summed E-state index contributed by atoms with van der Waals surface area (Å²) in [5.41, 5.74) is 1.66. The monoisotopic (exact) mass is 440 g/mol. The minimum Gasteiger partial charge on any atom is -0.490 e. The van der Waals surface area contributed by atoms with Crippen LogP contribution in [0.25, 0.3) is 0 Å². The average Bonchev–Trinajstić information content (AvgIpc) is 2.74. The van der Waals surface area contributed by atoms with Crippen molar-refractivity contribution in [2.45, 2.75) is 32.4 Å². The van der Waals surface area contributed by atoms with Crippen LogP contribution in [0, 0.1) is 11.8 Å². The Labute approximate surface area is 187 Å². The molecule has 8 nitrogen and oxygen atoms in total. The zero-order chi connectivity index (χ0) is 24.0. The van der Waals surface area contributed by atoms with Gasteiger partial charge in [-0.05, 0) is 45.0 Å². The van der Waals surface area contributed by atoms with Gasteiger partial charge in [-0.3, -0.25) is 4.98 Å². The molecule has 0 aliphatic heterocycles. The smallest absolute Gasteiger partial charge is 0.328 e. The van der Waals surface area contributed by atoms with Gasteiger partial charge in [-0.15, -0.1) is 0 Å². The van der Waals surface area contributed by atoms with Gasteiger partial charge in [0.05, 0.1) is 5.56 Å². The van der Waals surface area contributed by atoms with E-state index in [1.807, 2.05) is 36.4 Å². The number of para-hydroxylation sites is 1. The molecule has 1 aromatic heterocycles. The van der Waals surface area contributed by atoms with Gasteiger partial charge in [-0.1, -0.05) is 24.0 Å². The fraction of sp³-hybridized carbons (Fsp3) is 0.292. The normalized spacial score (nSPS) is 11.5. The van der Waals surface area contributed by atoms with E-state index in [9.17, 15) is 14.7 Å². The first-order valence-corrected chi connectivity index (χ1v) is 9.77. The third kappa shape index (κ3) is 12.8. The number of nitrogens with one attached hydrogen (secondary N) is 1. The maximum Gasteiger partial charge on any atom is 0.328 e. The summed E-state index contributed by atoms with van der Waals surface area (Å²) in [7, 11) is 0. The van der Waals surface area contributed by atoms with E-state index in [2.05, 4.69) is 42.9 Å². The summed E-state index contributed by atoms with van der Waals surface area (Å²) in [6.07, 6.45) is 3.96. The number of nitrogens with zero attached hydrogens (tertiary/aromatic N) is 1. The Morgan fingerprint density at radius 3 is 2.22 bits per heavy atom. The van der Waals surface area contributed by atoms with E-state index in [4.69, 9.17) is 14.9 Å². The van der Waals surface area contributed by atoms with E-state index in [1.54, 1.807) is 12.4 Å². The molecule has 2 rings (SSSR count). The van der Waals surface area contributed by atoms with Crippen molar-refractivity contribution in [3.05, 3.63) is 72.1 Å². The van der Waals surface area contributed by atoms with Crippen molar-refractivity contribution in [3.8, 4) is 17.6 Å². The fourth-order valence-electron chi connectivity index (χ4n) is 2.08. The van der Waals surface area contributed by atoms with Crippen LogP contribution in [0.4, 0.5) is 0 Å². The minimum absolute atomic E-state index is 0.0328. The molecular formula is C24H28N2O6. The molecule has 4 N–H and O–H groups in total. The van der Waals surface area contributed by atoms with Gasteiger partial charge in [-0.25, -0.2) is 9.59 Å². The maximum absolute atomic E-state index is 10.0. The van der Waals surface area contributed by atoms with Gasteiger partial charge in [-0.2, -0.15) is 0 Å². The summed E-state index contributed by atoms with van der Waals surface area (Å²) in [6, 6.07) is 11.3. The highest BCUT2D eigenvalue weighted by molar-refractivity contribution is 5.89. The van der Waals surface area contributed by atoms with Gasteiger partial charge in [0, 0.05) is 42.2 Å². The molecule has 2 aromatic rings. The lowest BCUT2D eigenvalue weighted by atomic mass is 10.1. The highest BCUT2D eigenvalue weighted by Gasteiger charge is 2.13.